The zero-order valence-corrected chi connectivity index (χ0v) is 23.5. The molecule has 0 saturated heterocycles. The van der Waals surface area contributed by atoms with Crippen molar-refractivity contribution in [1.82, 2.24) is 9.97 Å². The van der Waals surface area contributed by atoms with E-state index in [2.05, 4.69) is 92.7 Å². The lowest BCUT2D eigenvalue weighted by Crippen LogP contribution is -2.06. The normalized spacial score (nSPS) is 13.8. The van der Waals surface area contributed by atoms with Crippen LogP contribution in [0.1, 0.15) is 45.0 Å². The van der Waals surface area contributed by atoms with Crippen LogP contribution in [0.5, 0.6) is 0 Å². The molecule has 5 heteroatoms. The van der Waals surface area contributed by atoms with Crippen molar-refractivity contribution >= 4 is 86.1 Å². The molecule has 3 nitrogen and oxygen atoms in total. The maximum Gasteiger partial charge on any atom is 0.109 e. The first-order chi connectivity index (χ1) is 18.4. The van der Waals surface area contributed by atoms with Gasteiger partial charge in [-0.1, -0.05) is 52.0 Å². The molecule has 1 aliphatic heterocycles. The number of hydrogen-bond acceptors (Lipinski definition) is 4. The van der Waals surface area contributed by atoms with Crippen molar-refractivity contribution in [2.75, 3.05) is 0 Å². The van der Waals surface area contributed by atoms with E-state index < -0.39 is 0 Å². The van der Waals surface area contributed by atoms with Crippen molar-refractivity contribution in [2.24, 2.45) is 10.9 Å². The van der Waals surface area contributed by atoms with E-state index in [4.69, 9.17) is 9.98 Å². The number of hydrogen-bond donors (Lipinski definition) is 1. The van der Waals surface area contributed by atoms with Crippen LogP contribution in [0.3, 0.4) is 0 Å². The van der Waals surface area contributed by atoms with E-state index in [1.165, 1.54) is 63.4 Å². The summed E-state index contributed by atoms with van der Waals surface area (Å²) in [6.45, 7) is 8.86. The first-order valence-corrected chi connectivity index (χ1v) is 15.0. The molecule has 0 unspecified atom stereocenters. The summed E-state index contributed by atoms with van der Waals surface area (Å²) in [4.78, 5) is 13.5. The Labute approximate surface area is 228 Å². The van der Waals surface area contributed by atoms with Gasteiger partial charge >= 0.3 is 0 Å². The molecule has 0 fully saturated rings. The molecule has 8 rings (SSSR count). The molecular formula is C33H27N3S2. The molecule has 1 aliphatic rings. The summed E-state index contributed by atoms with van der Waals surface area (Å²) in [6.07, 6.45) is 0.981. The third-order valence-corrected chi connectivity index (χ3v) is 10.1. The van der Waals surface area contributed by atoms with Gasteiger partial charge in [0.25, 0.3) is 0 Å². The molecular weight excluding hydrogens is 503 g/mol. The van der Waals surface area contributed by atoms with E-state index in [0.717, 1.165) is 29.0 Å². The molecule has 4 heterocycles. The molecule has 0 radical (unpaired) electrons. The number of aliphatic imine (C=N–C) groups is 1. The minimum atomic E-state index is 0.365. The van der Waals surface area contributed by atoms with Crippen LogP contribution in [0.25, 0.3) is 63.2 Å². The maximum absolute atomic E-state index is 4.98. The lowest BCUT2D eigenvalue weighted by molar-refractivity contribution is 0.799. The Hall–Kier alpha value is -3.54. The van der Waals surface area contributed by atoms with Crippen molar-refractivity contribution in [2.45, 2.75) is 40.0 Å². The van der Waals surface area contributed by atoms with Gasteiger partial charge < -0.3 is 4.98 Å². The number of thiophene rings is 2. The first-order valence-electron chi connectivity index (χ1n) is 13.3. The molecule has 0 bridgehead atoms. The summed E-state index contributed by atoms with van der Waals surface area (Å²) in [6, 6.07) is 20.8. The van der Waals surface area contributed by atoms with E-state index >= 15 is 0 Å². The summed E-state index contributed by atoms with van der Waals surface area (Å²) in [5, 5.41) is 8.68. The van der Waals surface area contributed by atoms with E-state index in [0.29, 0.717) is 11.8 Å². The van der Waals surface area contributed by atoms with Crippen LogP contribution < -0.4 is 0 Å². The van der Waals surface area contributed by atoms with Gasteiger partial charge in [-0.3, -0.25) is 4.99 Å². The summed E-state index contributed by atoms with van der Waals surface area (Å²) in [5.74, 6) is 1.92. The Kier molecular flexibility index (Phi) is 4.71. The molecule has 0 spiro atoms. The highest BCUT2D eigenvalue weighted by atomic mass is 32.1. The predicted molar refractivity (Wildman–Crippen MR) is 167 cm³/mol. The van der Waals surface area contributed by atoms with Gasteiger partial charge in [-0.15, -0.1) is 22.7 Å². The largest absolute Gasteiger partial charge is 0.341 e. The highest BCUT2D eigenvalue weighted by molar-refractivity contribution is 7.25. The number of nitrogens with one attached hydrogen (secondary N) is 1. The average molecular weight is 530 g/mol. The molecule has 3 aromatic heterocycles. The smallest absolute Gasteiger partial charge is 0.109 e. The molecule has 4 aromatic carbocycles. The van der Waals surface area contributed by atoms with E-state index in [-0.39, 0.29) is 0 Å². The van der Waals surface area contributed by atoms with Crippen molar-refractivity contribution in [3.63, 3.8) is 0 Å². The van der Waals surface area contributed by atoms with E-state index in [1.807, 2.05) is 22.7 Å². The maximum atomic E-state index is 4.98. The molecule has 0 atom stereocenters. The lowest BCUT2D eigenvalue weighted by Gasteiger charge is -2.07. The number of rotatable bonds is 3. The summed E-state index contributed by atoms with van der Waals surface area (Å²) < 4.78 is 3.97. The number of nitrogens with zero attached hydrogens (tertiary/aromatic N) is 2. The SMILES string of the molecule is CC(C)C1=Nc2cc3sc4cc(-c5ccc6c(c5)c5sccc5c5nc(C(C)C)[nH]c65)ccc4c3cc2C1. The van der Waals surface area contributed by atoms with Crippen LogP contribution in [0.2, 0.25) is 0 Å². The Morgan fingerprint density at radius 2 is 1.55 bits per heavy atom. The summed E-state index contributed by atoms with van der Waals surface area (Å²) in [7, 11) is 0. The van der Waals surface area contributed by atoms with Gasteiger partial charge in [0.1, 0.15) is 5.82 Å². The fourth-order valence-corrected chi connectivity index (χ4v) is 7.98. The topological polar surface area (TPSA) is 41.0 Å². The van der Waals surface area contributed by atoms with Gasteiger partial charge in [-0.05, 0) is 58.3 Å². The van der Waals surface area contributed by atoms with Crippen molar-refractivity contribution in [3.8, 4) is 11.1 Å². The molecule has 38 heavy (non-hydrogen) atoms. The van der Waals surface area contributed by atoms with Gasteiger partial charge in [-0.2, -0.15) is 0 Å². The minimum absolute atomic E-state index is 0.365. The Morgan fingerprint density at radius 3 is 2.37 bits per heavy atom. The Morgan fingerprint density at radius 1 is 0.763 bits per heavy atom. The van der Waals surface area contributed by atoms with E-state index in [1.54, 1.807) is 0 Å². The van der Waals surface area contributed by atoms with Gasteiger partial charge in [0, 0.05) is 59.1 Å². The van der Waals surface area contributed by atoms with Crippen LogP contribution in [0, 0.1) is 5.92 Å². The zero-order valence-electron chi connectivity index (χ0n) is 21.8. The van der Waals surface area contributed by atoms with Gasteiger partial charge in [0.2, 0.25) is 0 Å². The second-order valence-corrected chi connectivity index (χ2v) is 13.1. The number of fused-ring (bicyclic) bond motifs is 10. The second kappa shape index (κ2) is 7.98. The lowest BCUT2D eigenvalue weighted by atomic mass is 9.98. The quantitative estimate of drug-likeness (QED) is 0.243. The molecule has 0 amide bonds. The fourth-order valence-electron chi connectivity index (χ4n) is 5.89. The standard InChI is InChI=1S/C33H27N3S2/c1-16(2)26-13-20-12-24-21-7-5-19(14-28(21)38-29(24)15-27(20)34-26)18-6-8-22-25(11-18)32-23(9-10-37-32)31-30(22)35-33(36-31)17(3)4/h5-12,14-17H,13H2,1-4H3,(H,35,36). The molecule has 0 saturated carbocycles. The van der Waals surface area contributed by atoms with Crippen LogP contribution in [0.15, 0.2) is 65.0 Å². The number of H-pyrrole nitrogens is 1. The monoisotopic (exact) mass is 529 g/mol. The van der Waals surface area contributed by atoms with Crippen molar-refractivity contribution in [1.29, 1.82) is 0 Å². The van der Waals surface area contributed by atoms with Crippen LogP contribution in [-0.2, 0) is 6.42 Å². The Balaban J connectivity index is 1.29. The van der Waals surface area contributed by atoms with Gasteiger partial charge in [-0.25, -0.2) is 4.98 Å². The third kappa shape index (κ3) is 3.18. The van der Waals surface area contributed by atoms with Crippen molar-refractivity contribution < 1.29 is 0 Å². The molecule has 0 aliphatic carbocycles. The number of benzene rings is 4. The van der Waals surface area contributed by atoms with E-state index in [9.17, 15) is 0 Å². The van der Waals surface area contributed by atoms with Crippen LogP contribution in [0.4, 0.5) is 5.69 Å². The first kappa shape index (κ1) is 22.4. The summed E-state index contributed by atoms with van der Waals surface area (Å²) in [5.41, 5.74) is 8.58. The summed E-state index contributed by atoms with van der Waals surface area (Å²) >= 11 is 3.69. The highest BCUT2D eigenvalue weighted by Crippen LogP contribution is 2.43. The number of aromatic amines is 1. The number of imidazole rings is 1. The van der Waals surface area contributed by atoms with Gasteiger partial charge in [0.15, 0.2) is 0 Å². The van der Waals surface area contributed by atoms with Crippen LogP contribution in [-0.4, -0.2) is 15.7 Å². The second-order valence-electron chi connectivity index (χ2n) is 11.1. The predicted octanol–water partition coefficient (Wildman–Crippen LogP) is 10.4. The highest BCUT2D eigenvalue weighted by Gasteiger charge is 2.20. The number of aromatic nitrogens is 2. The van der Waals surface area contributed by atoms with Crippen molar-refractivity contribution in [3.05, 3.63) is 71.4 Å². The fraction of sp³-hybridized carbons (Fsp3) is 0.212. The minimum Gasteiger partial charge on any atom is -0.341 e. The molecule has 7 aromatic rings. The molecule has 1 N–H and O–H groups in total. The Bertz CT molecular complexity index is 2120. The molecule has 186 valence electrons. The van der Waals surface area contributed by atoms with Crippen LogP contribution >= 0.6 is 22.7 Å². The third-order valence-electron chi connectivity index (χ3n) is 8.03. The average Bonchev–Trinajstić information content (AvgIpc) is 3.69. The zero-order chi connectivity index (χ0) is 25.7. The van der Waals surface area contributed by atoms with Gasteiger partial charge in [0.05, 0.1) is 16.7 Å².